The molecule has 0 fully saturated rings. The van der Waals surface area contributed by atoms with Crippen molar-refractivity contribution in [3.8, 4) is 0 Å². The van der Waals surface area contributed by atoms with Crippen LogP contribution >= 0.6 is 11.3 Å². The molecule has 0 aliphatic heterocycles. The first-order valence-corrected chi connectivity index (χ1v) is 9.45. The number of benzene rings is 1. The molecule has 0 radical (unpaired) electrons. The summed E-state index contributed by atoms with van der Waals surface area (Å²) in [7, 11) is 0. The summed E-state index contributed by atoms with van der Waals surface area (Å²) in [5, 5.41) is 3.37. The lowest BCUT2D eigenvalue weighted by Gasteiger charge is -2.10. The van der Waals surface area contributed by atoms with Gasteiger partial charge in [0.25, 0.3) is 0 Å². The second kappa shape index (κ2) is 10.2. The largest absolute Gasteiger partial charge is 0.366 e. The third-order valence-corrected chi connectivity index (χ3v) is 5.03. The van der Waals surface area contributed by atoms with Gasteiger partial charge in [-0.2, -0.15) is 0 Å². The number of nitrogens with zero attached hydrogens (tertiary/aromatic N) is 2. The number of aryl methyl sites for hydroxylation is 2. The van der Waals surface area contributed by atoms with Crippen molar-refractivity contribution in [2.24, 2.45) is 9.98 Å². The lowest BCUT2D eigenvalue weighted by atomic mass is 10.1. The van der Waals surface area contributed by atoms with Crippen molar-refractivity contribution in [1.82, 2.24) is 0 Å². The van der Waals surface area contributed by atoms with E-state index in [-0.39, 0.29) is 0 Å². The zero-order valence-electron chi connectivity index (χ0n) is 15.9. The topological polar surface area (TPSA) is 36.8 Å². The molecule has 0 bridgehead atoms. The van der Waals surface area contributed by atoms with E-state index in [4.69, 9.17) is 0 Å². The van der Waals surface area contributed by atoms with E-state index in [1.165, 1.54) is 10.4 Å². The third-order valence-electron chi connectivity index (χ3n) is 3.98. The molecule has 0 aliphatic carbocycles. The van der Waals surface area contributed by atoms with Crippen LogP contribution in [-0.4, -0.2) is 19.6 Å². The Morgan fingerprint density at radius 3 is 2.44 bits per heavy atom. The van der Waals surface area contributed by atoms with Crippen LogP contribution in [-0.2, 0) is 0 Å². The molecule has 0 saturated heterocycles. The summed E-state index contributed by atoms with van der Waals surface area (Å²) in [6.07, 6.45) is 13.3. The molecule has 1 N–H and O–H groups in total. The molecule has 138 valence electrons. The van der Waals surface area contributed by atoms with Crippen LogP contribution in [0.25, 0.3) is 12.2 Å². The van der Waals surface area contributed by atoms with E-state index in [1.807, 2.05) is 30.5 Å². The van der Waals surface area contributed by atoms with Crippen molar-refractivity contribution in [2.75, 3.05) is 12.0 Å². The van der Waals surface area contributed by atoms with Gasteiger partial charge in [-0.3, -0.25) is 9.98 Å². The number of allylic oxidation sites excluding steroid dienone is 4. The SMILES string of the molecule is C=C/C=C\c1c(C)cccc1NC/N=C\c1sc(C)c(/C=C\C=C)c1N=C. The number of anilines is 1. The Kier molecular flexibility index (Phi) is 7.71. The van der Waals surface area contributed by atoms with Crippen molar-refractivity contribution in [3.05, 3.63) is 82.1 Å². The van der Waals surface area contributed by atoms with Gasteiger partial charge in [0.1, 0.15) is 6.67 Å². The Labute approximate surface area is 165 Å². The highest BCUT2D eigenvalue weighted by Crippen LogP contribution is 2.35. The van der Waals surface area contributed by atoms with E-state index in [2.05, 4.69) is 67.2 Å². The van der Waals surface area contributed by atoms with Gasteiger partial charge in [0, 0.05) is 27.9 Å². The van der Waals surface area contributed by atoms with Gasteiger partial charge in [0.2, 0.25) is 0 Å². The molecule has 2 rings (SSSR count). The van der Waals surface area contributed by atoms with Gasteiger partial charge in [-0.15, -0.1) is 11.3 Å². The zero-order valence-corrected chi connectivity index (χ0v) is 16.7. The fourth-order valence-electron chi connectivity index (χ4n) is 2.66. The molecule has 2 aromatic rings. The summed E-state index contributed by atoms with van der Waals surface area (Å²) < 4.78 is 0. The van der Waals surface area contributed by atoms with E-state index in [0.29, 0.717) is 6.67 Å². The predicted octanol–water partition coefficient (Wildman–Crippen LogP) is 6.58. The van der Waals surface area contributed by atoms with Crippen molar-refractivity contribution < 1.29 is 0 Å². The minimum atomic E-state index is 0.476. The third kappa shape index (κ3) is 5.25. The lowest BCUT2D eigenvalue weighted by Crippen LogP contribution is -2.01. The maximum Gasteiger partial charge on any atom is 0.107 e. The first kappa shape index (κ1) is 20.3. The highest BCUT2D eigenvalue weighted by molar-refractivity contribution is 7.14. The molecule has 0 atom stereocenters. The standard InChI is InChI=1S/C23H25N3S/c1-6-8-12-19-17(3)11-10-14-21(19)26-16-25-15-22-23(24-5)20(13-9-7-2)18(4)27-22/h6-15,26H,1-2,5,16H2,3-4H3/b12-8-,13-9-,25-15-. The molecule has 27 heavy (non-hydrogen) atoms. The summed E-state index contributed by atoms with van der Waals surface area (Å²) in [6.45, 7) is 15.8. The van der Waals surface area contributed by atoms with E-state index >= 15 is 0 Å². The van der Waals surface area contributed by atoms with E-state index in [1.54, 1.807) is 23.5 Å². The van der Waals surface area contributed by atoms with Gasteiger partial charge < -0.3 is 5.32 Å². The molecule has 4 heteroatoms. The van der Waals surface area contributed by atoms with Crippen LogP contribution in [0.3, 0.4) is 0 Å². The summed E-state index contributed by atoms with van der Waals surface area (Å²) in [5.41, 5.74) is 5.33. The fraction of sp³-hybridized carbons (Fsp3) is 0.130. The highest BCUT2D eigenvalue weighted by atomic mass is 32.1. The van der Waals surface area contributed by atoms with Crippen LogP contribution in [0.5, 0.6) is 0 Å². The molecule has 0 saturated carbocycles. The van der Waals surface area contributed by atoms with Crippen LogP contribution in [0.4, 0.5) is 11.4 Å². The molecule has 0 spiro atoms. The van der Waals surface area contributed by atoms with Crippen molar-refractivity contribution in [3.63, 3.8) is 0 Å². The van der Waals surface area contributed by atoms with Crippen molar-refractivity contribution >= 4 is 47.8 Å². The summed E-state index contributed by atoms with van der Waals surface area (Å²) in [6, 6.07) is 6.18. The molecule has 1 heterocycles. The Morgan fingerprint density at radius 1 is 1.07 bits per heavy atom. The number of rotatable bonds is 9. The quantitative estimate of drug-likeness (QED) is 0.390. The second-order valence-electron chi connectivity index (χ2n) is 5.82. The number of nitrogens with one attached hydrogen (secondary N) is 1. The molecule has 0 unspecified atom stereocenters. The molecular weight excluding hydrogens is 350 g/mol. The Morgan fingerprint density at radius 2 is 1.78 bits per heavy atom. The minimum Gasteiger partial charge on any atom is -0.366 e. The van der Waals surface area contributed by atoms with Crippen molar-refractivity contribution in [2.45, 2.75) is 13.8 Å². The predicted molar refractivity (Wildman–Crippen MR) is 124 cm³/mol. The molecule has 1 aromatic heterocycles. The smallest absolute Gasteiger partial charge is 0.107 e. The minimum absolute atomic E-state index is 0.476. The lowest BCUT2D eigenvalue weighted by molar-refractivity contribution is 1.14. The number of hydrogen-bond donors (Lipinski definition) is 1. The fourth-order valence-corrected chi connectivity index (χ4v) is 3.66. The molecule has 0 amide bonds. The van der Waals surface area contributed by atoms with Crippen LogP contribution in [0.15, 0.2) is 65.6 Å². The Balaban J connectivity index is 2.16. The average molecular weight is 376 g/mol. The van der Waals surface area contributed by atoms with Crippen LogP contribution in [0.1, 0.15) is 26.4 Å². The molecular formula is C23H25N3S. The van der Waals surface area contributed by atoms with Crippen LogP contribution in [0, 0.1) is 13.8 Å². The number of thiophene rings is 1. The number of hydrogen-bond acceptors (Lipinski definition) is 4. The van der Waals surface area contributed by atoms with Gasteiger partial charge in [-0.05, 0) is 32.2 Å². The van der Waals surface area contributed by atoms with E-state index < -0.39 is 0 Å². The average Bonchev–Trinajstić information content (AvgIpc) is 2.97. The number of aliphatic imine (C=N–C) groups is 2. The molecule has 3 nitrogen and oxygen atoms in total. The van der Waals surface area contributed by atoms with Crippen molar-refractivity contribution in [1.29, 1.82) is 0 Å². The van der Waals surface area contributed by atoms with E-state index in [0.717, 1.165) is 27.4 Å². The van der Waals surface area contributed by atoms with Crippen LogP contribution in [0.2, 0.25) is 0 Å². The second-order valence-corrected chi connectivity index (χ2v) is 7.07. The van der Waals surface area contributed by atoms with E-state index in [9.17, 15) is 0 Å². The zero-order chi connectivity index (χ0) is 19.6. The molecule has 0 aliphatic rings. The Bertz CT molecular complexity index is 914. The monoisotopic (exact) mass is 375 g/mol. The normalized spacial score (nSPS) is 11.5. The van der Waals surface area contributed by atoms with Gasteiger partial charge in [-0.25, -0.2) is 0 Å². The maximum absolute atomic E-state index is 4.53. The van der Waals surface area contributed by atoms with Gasteiger partial charge in [-0.1, -0.05) is 61.7 Å². The molecule has 1 aromatic carbocycles. The first-order chi connectivity index (χ1) is 13.1. The summed E-state index contributed by atoms with van der Waals surface area (Å²) in [4.78, 5) is 10.9. The van der Waals surface area contributed by atoms with Gasteiger partial charge in [0.05, 0.1) is 10.6 Å². The Hall–Kier alpha value is -2.98. The summed E-state index contributed by atoms with van der Waals surface area (Å²) >= 11 is 1.66. The van der Waals surface area contributed by atoms with Gasteiger partial charge in [0.15, 0.2) is 0 Å². The summed E-state index contributed by atoms with van der Waals surface area (Å²) in [5.74, 6) is 0. The van der Waals surface area contributed by atoms with Gasteiger partial charge >= 0.3 is 0 Å². The highest BCUT2D eigenvalue weighted by Gasteiger charge is 2.11. The van der Waals surface area contributed by atoms with Crippen LogP contribution < -0.4 is 5.32 Å². The maximum atomic E-state index is 4.53. The first-order valence-electron chi connectivity index (χ1n) is 8.64.